The van der Waals surface area contributed by atoms with E-state index in [0.29, 0.717) is 11.7 Å². The number of unbranched alkanes of at least 4 members (excludes halogenated alkanes) is 1. The predicted octanol–water partition coefficient (Wildman–Crippen LogP) is 4.04. The average molecular weight is 270 g/mol. The third-order valence-corrected chi connectivity index (χ3v) is 3.56. The van der Waals surface area contributed by atoms with Gasteiger partial charge < -0.3 is 14.3 Å². The molecule has 0 radical (unpaired) electrons. The van der Waals surface area contributed by atoms with E-state index in [1.165, 1.54) is 19.3 Å². The summed E-state index contributed by atoms with van der Waals surface area (Å²) >= 11 is 0. The number of para-hydroxylation sites is 1. The normalized spacial score (nSPS) is 12.7. The maximum Gasteiger partial charge on any atom is 0.391 e. The summed E-state index contributed by atoms with van der Waals surface area (Å²) in [6.45, 7) is 4.41. The van der Waals surface area contributed by atoms with Gasteiger partial charge in [-0.3, -0.25) is 0 Å². The molecule has 4 heteroatoms. The molecule has 0 aromatic heterocycles. The maximum absolute atomic E-state index is 8.96. The first kappa shape index (κ1) is 15.4. The van der Waals surface area contributed by atoms with E-state index in [-0.39, 0.29) is 0 Å². The van der Waals surface area contributed by atoms with E-state index in [9.17, 15) is 0 Å². The van der Waals surface area contributed by atoms with E-state index in [4.69, 9.17) is 14.3 Å². The van der Waals surface area contributed by atoms with Crippen LogP contribution < -0.4 is 4.52 Å². The molecule has 0 amide bonds. The van der Waals surface area contributed by atoms with Gasteiger partial charge in [-0.25, -0.2) is 0 Å². The molecule has 0 aliphatic heterocycles. The highest BCUT2D eigenvalue weighted by atomic mass is 31.2. The summed E-state index contributed by atoms with van der Waals surface area (Å²) < 4.78 is 5.07. The highest BCUT2D eigenvalue weighted by Gasteiger charge is 2.12. The van der Waals surface area contributed by atoms with Gasteiger partial charge in [0.2, 0.25) is 0 Å². The zero-order valence-corrected chi connectivity index (χ0v) is 12.1. The van der Waals surface area contributed by atoms with E-state index >= 15 is 0 Å². The fourth-order valence-corrected chi connectivity index (χ4v) is 2.46. The fourth-order valence-electron chi connectivity index (χ4n) is 2.10. The fraction of sp³-hybridized carbons (Fsp3) is 0.571. The Morgan fingerprint density at radius 1 is 1.22 bits per heavy atom. The van der Waals surface area contributed by atoms with Gasteiger partial charge in [0.05, 0.1) is 0 Å². The largest absolute Gasteiger partial charge is 0.427 e. The van der Waals surface area contributed by atoms with Crippen LogP contribution in [0.1, 0.15) is 45.1 Å². The van der Waals surface area contributed by atoms with Gasteiger partial charge in [-0.05, 0) is 24.0 Å². The number of rotatable bonds is 8. The Kier molecular flexibility index (Phi) is 7.26. The van der Waals surface area contributed by atoms with Gasteiger partial charge >= 0.3 is 8.60 Å². The molecular formula is C14H23O3P. The molecule has 0 saturated heterocycles. The minimum Gasteiger partial charge on any atom is -0.427 e. The molecule has 0 fully saturated rings. The van der Waals surface area contributed by atoms with Crippen LogP contribution in [0.2, 0.25) is 0 Å². The Morgan fingerprint density at radius 3 is 2.56 bits per heavy atom. The van der Waals surface area contributed by atoms with Crippen molar-refractivity contribution < 1.29 is 14.3 Å². The molecule has 1 rings (SSSR count). The molecule has 102 valence electrons. The maximum atomic E-state index is 8.96. The third kappa shape index (κ3) is 5.34. The van der Waals surface area contributed by atoms with Gasteiger partial charge in [-0.15, -0.1) is 0 Å². The topological polar surface area (TPSA) is 49.7 Å². The van der Waals surface area contributed by atoms with Crippen molar-refractivity contribution in [2.45, 2.75) is 46.0 Å². The smallest absolute Gasteiger partial charge is 0.391 e. The van der Waals surface area contributed by atoms with Crippen molar-refractivity contribution in [3.05, 3.63) is 29.8 Å². The summed E-state index contributed by atoms with van der Waals surface area (Å²) in [5, 5.41) is 0. The lowest BCUT2D eigenvalue weighted by Gasteiger charge is -2.17. The highest BCUT2D eigenvalue weighted by Crippen LogP contribution is 2.33. The molecule has 18 heavy (non-hydrogen) atoms. The Hall–Kier alpha value is -0.630. The van der Waals surface area contributed by atoms with Gasteiger partial charge in [0.25, 0.3) is 0 Å². The molecule has 0 aliphatic carbocycles. The molecule has 1 unspecified atom stereocenters. The number of hydrogen-bond acceptors (Lipinski definition) is 3. The van der Waals surface area contributed by atoms with Crippen LogP contribution in [0.5, 0.6) is 5.75 Å². The van der Waals surface area contributed by atoms with Crippen molar-refractivity contribution >= 4 is 8.60 Å². The van der Waals surface area contributed by atoms with Crippen LogP contribution in [0.3, 0.4) is 0 Å². The van der Waals surface area contributed by atoms with Gasteiger partial charge in [-0.1, -0.05) is 57.7 Å². The predicted molar refractivity (Wildman–Crippen MR) is 75.4 cm³/mol. The van der Waals surface area contributed by atoms with E-state index < -0.39 is 8.60 Å². The van der Waals surface area contributed by atoms with Crippen LogP contribution >= 0.6 is 8.60 Å². The minimum atomic E-state index is -2.33. The molecule has 1 aromatic carbocycles. The van der Waals surface area contributed by atoms with Crippen LogP contribution in [0.15, 0.2) is 24.3 Å². The summed E-state index contributed by atoms with van der Waals surface area (Å²) in [6, 6.07) is 7.61. The zero-order chi connectivity index (χ0) is 13.4. The molecule has 0 spiro atoms. The van der Waals surface area contributed by atoms with Crippen molar-refractivity contribution in [2.24, 2.45) is 5.92 Å². The molecule has 1 aromatic rings. The van der Waals surface area contributed by atoms with E-state index in [2.05, 4.69) is 13.8 Å². The Balaban J connectivity index is 2.69. The zero-order valence-electron chi connectivity index (χ0n) is 11.2. The van der Waals surface area contributed by atoms with Crippen molar-refractivity contribution in [3.63, 3.8) is 0 Å². The summed E-state index contributed by atoms with van der Waals surface area (Å²) in [6.07, 6.45) is 5.76. The van der Waals surface area contributed by atoms with Gasteiger partial charge in [0.15, 0.2) is 0 Å². The second-order valence-electron chi connectivity index (χ2n) is 4.57. The SMILES string of the molecule is CCCCC(CC)Cc1ccccc1OP(O)O. The lowest BCUT2D eigenvalue weighted by atomic mass is 9.92. The van der Waals surface area contributed by atoms with E-state index in [1.54, 1.807) is 6.07 Å². The van der Waals surface area contributed by atoms with Crippen molar-refractivity contribution in [2.75, 3.05) is 0 Å². The Bertz CT molecular complexity index is 342. The Labute approximate surface area is 111 Å². The Morgan fingerprint density at radius 2 is 1.94 bits per heavy atom. The van der Waals surface area contributed by atoms with Crippen molar-refractivity contribution in [3.8, 4) is 5.75 Å². The summed E-state index contributed by atoms with van der Waals surface area (Å²) in [5.74, 6) is 1.24. The van der Waals surface area contributed by atoms with Crippen molar-refractivity contribution in [1.82, 2.24) is 0 Å². The summed E-state index contributed by atoms with van der Waals surface area (Å²) in [5.41, 5.74) is 1.07. The second-order valence-corrected chi connectivity index (χ2v) is 5.26. The van der Waals surface area contributed by atoms with E-state index in [1.807, 2.05) is 18.2 Å². The van der Waals surface area contributed by atoms with Crippen LogP contribution in [0.25, 0.3) is 0 Å². The molecule has 1 atom stereocenters. The van der Waals surface area contributed by atoms with Crippen LogP contribution in [-0.4, -0.2) is 9.79 Å². The highest BCUT2D eigenvalue weighted by molar-refractivity contribution is 7.39. The van der Waals surface area contributed by atoms with Crippen LogP contribution in [0, 0.1) is 5.92 Å². The molecule has 0 heterocycles. The molecule has 3 nitrogen and oxygen atoms in total. The standard InChI is InChI=1S/C14H23O3P/c1-3-5-8-12(4-2)11-13-9-6-7-10-14(13)17-18(15)16/h6-7,9-10,12,15-16H,3-5,8,11H2,1-2H3. The van der Waals surface area contributed by atoms with Gasteiger partial charge in [0, 0.05) is 0 Å². The summed E-state index contributed by atoms with van der Waals surface area (Å²) in [4.78, 5) is 17.9. The molecule has 0 bridgehead atoms. The third-order valence-electron chi connectivity index (χ3n) is 3.20. The monoisotopic (exact) mass is 270 g/mol. The lowest BCUT2D eigenvalue weighted by molar-refractivity contribution is 0.370. The number of benzene rings is 1. The minimum absolute atomic E-state index is 0.601. The van der Waals surface area contributed by atoms with Gasteiger partial charge in [-0.2, -0.15) is 0 Å². The summed E-state index contributed by atoms with van der Waals surface area (Å²) in [7, 11) is -2.33. The lowest BCUT2D eigenvalue weighted by Crippen LogP contribution is -2.04. The first-order valence-corrected chi connectivity index (χ1v) is 7.77. The van der Waals surface area contributed by atoms with E-state index in [0.717, 1.165) is 18.4 Å². The first-order chi connectivity index (χ1) is 8.67. The molecular weight excluding hydrogens is 247 g/mol. The van der Waals surface area contributed by atoms with Crippen LogP contribution in [0.4, 0.5) is 0 Å². The average Bonchev–Trinajstić information content (AvgIpc) is 2.35. The molecule has 0 saturated carbocycles. The van der Waals surface area contributed by atoms with Gasteiger partial charge in [0.1, 0.15) is 5.75 Å². The quantitative estimate of drug-likeness (QED) is 0.701. The van der Waals surface area contributed by atoms with Crippen LogP contribution in [-0.2, 0) is 6.42 Å². The number of hydrogen-bond donors (Lipinski definition) is 2. The first-order valence-electron chi connectivity index (χ1n) is 6.61. The van der Waals surface area contributed by atoms with Crippen molar-refractivity contribution in [1.29, 1.82) is 0 Å². The molecule has 0 aliphatic rings. The molecule has 2 N–H and O–H groups in total. The second kappa shape index (κ2) is 8.47.